The summed E-state index contributed by atoms with van der Waals surface area (Å²) in [5.74, 6) is 1.91. The summed E-state index contributed by atoms with van der Waals surface area (Å²) in [4.78, 5) is 26.5. The van der Waals surface area contributed by atoms with E-state index in [0.717, 1.165) is 0 Å². The Morgan fingerprint density at radius 3 is 2.55 bits per heavy atom. The molecule has 0 radical (unpaired) electrons. The van der Waals surface area contributed by atoms with E-state index in [9.17, 15) is 9.59 Å². The lowest BCUT2D eigenvalue weighted by Crippen LogP contribution is -2.36. The second kappa shape index (κ2) is 10.4. The molecule has 0 aromatic heterocycles. The van der Waals surface area contributed by atoms with Crippen molar-refractivity contribution in [1.82, 2.24) is 4.90 Å². The lowest BCUT2D eigenvalue weighted by molar-refractivity contribution is -0.130. The molecule has 0 aliphatic carbocycles. The van der Waals surface area contributed by atoms with E-state index >= 15 is 0 Å². The van der Waals surface area contributed by atoms with Gasteiger partial charge in [-0.1, -0.05) is 0 Å². The molecule has 0 bridgehead atoms. The minimum absolute atomic E-state index is 0.0800. The summed E-state index contributed by atoms with van der Waals surface area (Å²) in [6.07, 6.45) is 3.06. The van der Waals surface area contributed by atoms with Gasteiger partial charge in [0.05, 0.1) is 14.2 Å². The van der Waals surface area contributed by atoms with Crippen LogP contribution in [0.25, 0.3) is 6.08 Å². The van der Waals surface area contributed by atoms with Gasteiger partial charge in [-0.25, -0.2) is 0 Å². The third kappa shape index (κ3) is 5.69. The number of fused-ring (bicyclic) bond motifs is 1. The summed E-state index contributed by atoms with van der Waals surface area (Å²) in [5.41, 5.74) is 1.28. The first-order valence-corrected chi connectivity index (χ1v) is 9.92. The van der Waals surface area contributed by atoms with Crippen LogP contribution in [0.1, 0.15) is 12.5 Å². The molecule has 8 heteroatoms. The molecule has 8 nitrogen and oxygen atoms in total. The van der Waals surface area contributed by atoms with E-state index in [1.54, 1.807) is 56.7 Å². The zero-order chi connectivity index (χ0) is 22.2. The molecule has 0 saturated carbocycles. The van der Waals surface area contributed by atoms with E-state index in [1.165, 1.54) is 11.0 Å². The quantitative estimate of drug-likeness (QED) is 0.653. The molecule has 1 N–H and O–H groups in total. The maximum Gasteiger partial charge on any atom is 0.247 e. The predicted molar refractivity (Wildman–Crippen MR) is 117 cm³/mol. The highest BCUT2D eigenvalue weighted by Gasteiger charge is 2.16. The number of hydrogen-bond acceptors (Lipinski definition) is 6. The van der Waals surface area contributed by atoms with Gasteiger partial charge in [-0.05, 0) is 43.3 Å². The number of hydrogen-bond donors (Lipinski definition) is 1. The smallest absolute Gasteiger partial charge is 0.247 e. The van der Waals surface area contributed by atoms with Crippen molar-refractivity contribution in [1.29, 1.82) is 0 Å². The van der Waals surface area contributed by atoms with Gasteiger partial charge in [-0.15, -0.1) is 0 Å². The number of benzene rings is 2. The van der Waals surface area contributed by atoms with Crippen LogP contribution in [0.15, 0.2) is 42.5 Å². The number of methoxy groups -OCH3 is 2. The molecule has 0 unspecified atom stereocenters. The number of amides is 2. The van der Waals surface area contributed by atoms with Crippen LogP contribution in [0.4, 0.5) is 5.69 Å². The van der Waals surface area contributed by atoms with Crippen LogP contribution in [-0.2, 0) is 9.59 Å². The van der Waals surface area contributed by atoms with Crippen molar-refractivity contribution in [2.75, 3.05) is 45.8 Å². The standard InChI is InChI=1S/C23H26N2O6/c1-4-25(23(27)10-5-16-13-18(28-2)7-9-19(16)29-3)15-22(26)24-17-6-8-20-21(14-17)31-12-11-30-20/h5-10,13-14H,4,11-12,15H2,1-3H3,(H,24,26)/b10-5+. The van der Waals surface area contributed by atoms with Crippen molar-refractivity contribution in [2.45, 2.75) is 6.92 Å². The Labute approximate surface area is 181 Å². The van der Waals surface area contributed by atoms with E-state index in [4.69, 9.17) is 18.9 Å². The van der Waals surface area contributed by atoms with Gasteiger partial charge in [0.1, 0.15) is 31.3 Å². The zero-order valence-electron chi connectivity index (χ0n) is 17.8. The molecule has 0 spiro atoms. The van der Waals surface area contributed by atoms with E-state index in [2.05, 4.69) is 5.32 Å². The molecule has 2 amide bonds. The van der Waals surface area contributed by atoms with E-state index in [0.29, 0.717) is 54.0 Å². The Bertz CT molecular complexity index is 973. The fraction of sp³-hybridized carbons (Fsp3) is 0.304. The monoisotopic (exact) mass is 426 g/mol. The number of carbonyl (C=O) groups excluding carboxylic acids is 2. The highest BCUT2D eigenvalue weighted by atomic mass is 16.6. The van der Waals surface area contributed by atoms with Crippen molar-refractivity contribution in [3.63, 3.8) is 0 Å². The summed E-state index contributed by atoms with van der Waals surface area (Å²) in [6, 6.07) is 10.5. The Morgan fingerprint density at radius 2 is 1.84 bits per heavy atom. The van der Waals surface area contributed by atoms with Crippen LogP contribution < -0.4 is 24.3 Å². The summed E-state index contributed by atoms with van der Waals surface area (Å²) in [6.45, 7) is 3.08. The van der Waals surface area contributed by atoms with Crippen LogP contribution in [0.3, 0.4) is 0 Å². The van der Waals surface area contributed by atoms with Gasteiger partial charge in [0.25, 0.3) is 0 Å². The van der Waals surface area contributed by atoms with Crippen LogP contribution in [-0.4, -0.2) is 57.2 Å². The van der Waals surface area contributed by atoms with Crippen molar-refractivity contribution in [2.24, 2.45) is 0 Å². The second-order valence-corrected chi connectivity index (χ2v) is 6.70. The molecule has 1 aliphatic rings. The molecule has 3 rings (SSSR count). The van der Waals surface area contributed by atoms with E-state index in [1.807, 2.05) is 6.92 Å². The second-order valence-electron chi connectivity index (χ2n) is 6.70. The lowest BCUT2D eigenvalue weighted by Gasteiger charge is -2.20. The average molecular weight is 426 g/mol. The third-order valence-corrected chi connectivity index (χ3v) is 4.70. The minimum Gasteiger partial charge on any atom is -0.497 e. The van der Waals surface area contributed by atoms with E-state index < -0.39 is 0 Å². The molecule has 2 aromatic carbocycles. The highest BCUT2D eigenvalue weighted by Crippen LogP contribution is 2.32. The number of anilines is 1. The molecule has 1 heterocycles. The van der Waals surface area contributed by atoms with Gasteiger partial charge in [-0.3, -0.25) is 9.59 Å². The van der Waals surface area contributed by atoms with Crippen molar-refractivity contribution in [3.8, 4) is 23.0 Å². The Kier molecular flexibility index (Phi) is 7.37. The molecule has 1 aliphatic heterocycles. The number of likely N-dealkylation sites (N-methyl/N-ethyl adjacent to an activating group) is 1. The SMILES string of the molecule is CCN(CC(=O)Nc1ccc2c(c1)OCCO2)C(=O)/C=C/c1cc(OC)ccc1OC. The first kappa shape index (κ1) is 22.0. The third-order valence-electron chi connectivity index (χ3n) is 4.70. The largest absolute Gasteiger partial charge is 0.497 e. The predicted octanol–water partition coefficient (Wildman–Crippen LogP) is 2.98. The summed E-state index contributed by atoms with van der Waals surface area (Å²) in [5, 5.41) is 2.79. The summed E-state index contributed by atoms with van der Waals surface area (Å²) in [7, 11) is 3.13. The fourth-order valence-corrected chi connectivity index (χ4v) is 3.08. The number of rotatable bonds is 8. The van der Waals surface area contributed by atoms with E-state index in [-0.39, 0.29) is 18.4 Å². The maximum atomic E-state index is 12.6. The van der Waals surface area contributed by atoms with Crippen LogP contribution in [0.5, 0.6) is 23.0 Å². The van der Waals surface area contributed by atoms with Gasteiger partial charge in [0.15, 0.2) is 11.5 Å². The summed E-state index contributed by atoms with van der Waals surface area (Å²) >= 11 is 0. The first-order chi connectivity index (χ1) is 15.0. The number of nitrogens with one attached hydrogen (secondary N) is 1. The number of carbonyl (C=O) groups is 2. The van der Waals surface area contributed by atoms with Gasteiger partial charge in [0, 0.05) is 29.9 Å². The molecule has 31 heavy (non-hydrogen) atoms. The molecule has 164 valence electrons. The van der Waals surface area contributed by atoms with Gasteiger partial charge < -0.3 is 29.2 Å². The van der Waals surface area contributed by atoms with Crippen LogP contribution in [0.2, 0.25) is 0 Å². The lowest BCUT2D eigenvalue weighted by atomic mass is 10.1. The summed E-state index contributed by atoms with van der Waals surface area (Å²) < 4.78 is 21.5. The van der Waals surface area contributed by atoms with Crippen molar-refractivity contribution >= 4 is 23.6 Å². The van der Waals surface area contributed by atoms with Crippen LogP contribution in [0, 0.1) is 0 Å². The van der Waals surface area contributed by atoms with Gasteiger partial charge >= 0.3 is 0 Å². The van der Waals surface area contributed by atoms with Crippen molar-refractivity contribution < 1.29 is 28.5 Å². The average Bonchev–Trinajstić information content (AvgIpc) is 2.80. The topological polar surface area (TPSA) is 86.3 Å². The van der Waals surface area contributed by atoms with Crippen molar-refractivity contribution in [3.05, 3.63) is 48.0 Å². The minimum atomic E-state index is -0.306. The normalized spacial score (nSPS) is 12.4. The van der Waals surface area contributed by atoms with Gasteiger partial charge in [-0.2, -0.15) is 0 Å². The first-order valence-electron chi connectivity index (χ1n) is 9.92. The Balaban J connectivity index is 1.63. The molecule has 0 saturated heterocycles. The molecular weight excluding hydrogens is 400 g/mol. The number of nitrogens with zero attached hydrogens (tertiary/aromatic N) is 1. The number of ether oxygens (including phenoxy) is 4. The Hall–Kier alpha value is -3.68. The molecular formula is C23H26N2O6. The molecule has 0 atom stereocenters. The maximum absolute atomic E-state index is 12.6. The molecule has 2 aromatic rings. The van der Waals surface area contributed by atoms with Gasteiger partial charge in [0.2, 0.25) is 11.8 Å². The Morgan fingerprint density at radius 1 is 1.06 bits per heavy atom. The molecule has 0 fully saturated rings. The fourth-order valence-electron chi connectivity index (χ4n) is 3.08. The van der Waals surface area contributed by atoms with Crippen LogP contribution >= 0.6 is 0 Å². The highest BCUT2D eigenvalue weighted by molar-refractivity contribution is 5.98. The zero-order valence-corrected chi connectivity index (χ0v) is 17.8.